The summed E-state index contributed by atoms with van der Waals surface area (Å²) < 4.78 is 0. The smallest absolute Gasteiger partial charge is 0.0443 e. The summed E-state index contributed by atoms with van der Waals surface area (Å²) in [5.41, 5.74) is 5.56. The van der Waals surface area contributed by atoms with Gasteiger partial charge in [0.1, 0.15) is 0 Å². The maximum absolute atomic E-state index is 8.77. The van der Waals surface area contributed by atoms with Crippen LogP contribution in [0.4, 0.5) is 0 Å². The predicted molar refractivity (Wildman–Crippen MR) is 54.6 cm³/mol. The minimum atomic E-state index is 0.299. The highest BCUT2D eigenvalue weighted by molar-refractivity contribution is 4.77. The van der Waals surface area contributed by atoms with E-state index in [0.29, 0.717) is 6.61 Å². The van der Waals surface area contributed by atoms with E-state index in [1.165, 1.54) is 25.7 Å². The topological polar surface area (TPSA) is 49.5 Å². The summed E-state index contributed by atoms with van der Waals surface area (Å²) in [7, 11) is 0. The fourth-order valence-corrected chi connectivity index (χ4v) is 2.19. The summed E-state index contributed by atoms with van der Waals surface area (Å²) in [6.07, 6.45) is 6.27. The van der Waals surface area contributed by atoms with Gasteiger partial charge < -0.3 is 10.8 Å². The van der Waals surface area contributed by atoms with Crippen LogP contribution in [-0.2, 0) is 0 Å². The molecule has 1 rings (SSSR count). The standard InChI is InChI=1S/C10H22N2O/c11-6-8-12(7-3-9-13)10-4-1-2-5-10/h10,13H,1-9,11H2. The van der Waals surface area contributed by atoms with Gasteiger partial charge in [0.05, 0.1) is 0 Å². The molecule has 1 saturated carbocycles. The Labute approximate surface area is 80.9 Å². The highest BCUT2D eigenvalue weighted by atomic mass is 16.3. The van der Waals surface area contributed by atoms with Gasteiger partial charge in [-0.25, -0.2) is 0 Å². The minimum absolute atomic E-state index is 0.299. The Balaban J connectivity index is 2.26. The zero-order valence-electron chi connectivity index (χ0n) is 8.41. The van der Waals surface area contributed by atoms with E-state index in [1.54, 1.807) is 0 Å². The van der Waals surface area contributed by atoms with E-state index in [4.69, 9.17) is 10.8 Å². The first kappa shape index (κ1) is 11.0. The number of aliphatic hydroxyl groups excluding tert-OH is 1. The highest BCUT2D eigenvalue weighted by Crippen LogP contribution is 2.23. The van der Waals surface area contributed by atoms with Crippen molar-refractivity contribution < 1.29 is 5.11 Å². The van der Waals surface area contributed by atoms with E-state index >= 15 is 0 Å². The molecule has 0 saturated heterocycles. The molecule has 3 N–H and O–H groups in total. The molecule has 0 radical (unpaired) electrons. The first-order valence-corrected chi connectivity index (χ1v) is 5.43. The van der Waals surface area contributed by atoms with Crippen LogP contribution in [0.3, 0.4) is 0 Å². The predicted octanol–water partition coefficient (Wildman–Crippen LogP) is 0.572. The quantitative estimate of drug-likeness (QED) is 0.637. The molecule has 0 aliphatic heterocycles. The van der Waals surface area contributed by atoms with Crippen LogP contribution >= 0.6 is 0 Å². The summed E-state index contributed by atoms with van der Waals surface area (Å²) >= 11 is 0. The number of hydrogen-bond acceptors (Lipinski definition) is 3. The monoisotopic (exact) mass is 186 g/mol. The van der Waals surface area contributed by atoms with E-state index in [-0.39, 0.29) is 0 Å². The molecule has 1 fully saturated rings. The summed E-state index contributed by atoms with van der Waals surface area (Å²) in [6.45, 7) is 3.04. The van der Waals surface area contributed by atoms with Crippen LogP contribution in [0.2, 0.25) is 0 Å². The molecule has 78 valence electrons. The van der Waals surface area contributed by atoms with Gasteiger partial charge in [-0.2, -0.15) is 0 Å². The van der Waals surface area contributed by atoms with Gasteiger partial charge in [0.2, 0.25) is 0 Å². The number of aliphatic hydroxyl groups is 1. The van der Waals surface area contributed by atoms with E-state index in [2.05, 4.69) is 4.90 Å². The van der Waals surface area contributed by atoms with Gasteiger partial charge in [-0.1, -0.05) is 12.8 Å². The van der Waals surface area contributed by atoms with Crippen molar-refractivity contribution in [2.75, 3.05) is 26.2 Å². The number of nitrogens with zero attached hydrogens (tertiary/aromatic N) is 1. The molecule has 3 heteroatoms. The van der Waals surface area contributed by atoms with E-state index in [0.717, 1.165) is 32.1 Å². The molecule has 0 aromatic heterocycles. The number of rotatable bonds is 6. The second kappa shape index (κ2) is 6.35. The molecular formula is C10H22N2O. The van der Waals surface area contributed by atoms with Crippen LogP contribution < -0.4 is 5.73 Å². The fourth-order valence-electron chi connectivity index (χ4n) is 2.19. The fraction of sp³-hybridized carbons (Fsp3) is 1.00. The first-order chi connectivity index (χ1) is 6.38. The van der Waals surface area contributed by atoms with Gasteiger partial charge in [0.15, 0.2) is 0 Å². The van der Waals surface area contributed by atoms with Crippen molar-refractivity contribution >= 4 is 0 Å². The van der Waals surface area contributed by atoms with Crippen molar-refractivity contribution in [3.63, 3.8) is 0 Å². The van der Waals surface area contributed by atoms with E-state index in [1.807, 2.05) is 0 Å². The highest BCUT2D eigenvalue weighted by Gasteiger charge is 2.20. The normalized spacial score (nSPS) is 18.7. The summed E-state index contributed by atoms with van der Waals surface area (Å²) in [4.78, 5) is 2.45. The lowest BCUT2D eigenvalue weighted by Gasteiger charge is -2.27. The Bertz CT molecular complexity index is 124. The third-order valence-electron chi connectivity index (χ3n) is 2.86. The molecule has 0 aromatic rings. The van der Waals surface area contributed by atoms with E-state index in [9.17, 15) is 0 Å². The molecular weight excluding hydrogens is 164 g/mol. The molecule has 0 atom stereocenters. The van der Waals surface area contributed by atoms with Gasteiger partial charge in [-0.05, 0) is 19.3 Å². The molecule has 0 amide bonds. The molecule has 13 heavy (non-hydrogen) atoms. The maximum Gasteiger partial charge on any atom is 0.0443 e. The van der Waals surface area contributed by atoms with Crippen molar-refractivity contribution in [1.29, 1.82) is 0 Å². The van der Waals surface area contributed by atoms with Crippen molar-refractivity contribution in [2.45, 2.75) is 38.1 Å². The van der Waals surface area contributed by atoms with Gasteiger partial charge in [0, 0.05) is 32.3 Å². The Morgan fingerprint density at radius 1 is 1.23 bits per heavy atom. The molecule has 0 aromatic carbocycles. The largest absolute Gasteiger partial charge is 0.396 e. The lowest BCUT2D eigenvalue weighted by molar-refractivity contribution is 0.179. The van der Waals surface area contributed by atoms with Crippen LogP contribution in [-0.4, -0.2) is 42.3 Å². The molecule has 1 aliphatic rings. The second-order valence-corrected chi connectivity index (χ2v) is 3.84. The third-order valence-corrected chi connectivity index (χ3v) is 2.86. The minimum Gasteiger partial charge on any atom is -0.396 e. The Morgan fingerprint density at radius 3 is 2.46 bits per heavy atom. The number of nitrogens with two attached hydrogens (primary N) is 1. The lowest BCUT2D eigenvalue weighted by atomic mass is 10.2. The van der Waals surface area contributed by atoms with Gasteiger partial charge in [0.25, 0.3) is 0 Å². The van der Waals surface area contributed by atoms with Crippen molar-refractivity contribution in [3.8, 4) is 0 Å². The molecule has 0 unspecified atom stereocenters. The van der Waals surface area contributed by atoms with Gasteiger partial charge >= 0.3 is 0 Å². The molecule has 0 spiro atoms. The van der Waals surface area contributed by atoms with E-state index < -0.39 is 0 Å². The average Bonchev–Trinajstić information content (AvgIpc) is 2.65. The Hall–Kier alpha value is -0.120. The zero-order chi connectivity index (χ0) is 9.52. The van der Waals surface area contributed by atoms with Crippen molar-refractivity contribution in [2.24, 2.45) is 5.73 Å². The summed E-state index contributed by atoms with van der Waals surface area (Å²) in [6, 6.07) is 0.745. The second-order valence-electron chi connectivity index (χ2n) is 3.84. The van der Waals surface area contributed by atoms with Crippen molar-refractivity contribution in [1.82, 2.24) is 4.90 Å². The number of hydrogen-bond donors (Lipinski definition) is 2. The SMILES string of the molecule is NCCN(CCCO)C1CCCC1. The summed E-state index contributed by atoms with van der Waals surface area (Å²) in [5, 5.41) is 8.77. The molecule has 1 aliphatic carbocycles. The van der Waals surface area contributed by atoms with Crippen LogP contribution in [0.1, 0.15) is 32.1 Å². The van der Waals surface area contributed by atoms with Crippen LogP contribution in [0.5, 0.6) is 0 Å². The summed E-state index contributed by atoms with van der Waals surface area (Å²) in [5.74, 6) is 0. The first-order valence-electron chi connectivity index (χ1n) is 5.43. The molecule has 0 bridgehead atoms. The zero-order valence-corrected chi connectivity index (χ0v) is 8.41. The van der Waals surface area contributed by atoms with Gasteiger partial charge in [-0.15, -0.1) is 0 Å². The molecule has 0 heterocycles. The van der Waals surface area contributed by atoms with Crippen LogP contribution in [0, 0.1) is 0 Å². The van der Waals surface area contributed by atoms with Gasteiger partial charge in [-0.3, -0.25) is 4.90 Å². The lowest BCUT2D eigenvalue weighted by Crippen LogP contribution is -2.38. The maximum atomic E-state index is 8.77. The third kappa shape index (κ3) is 3.63. The molecule has 3 nitrogen and oxygen atoms in total. The Kier molecular flexibility index (Phi) is 5.35. The Morgan fingerprint density at radius 2 is 1.92 bits per heavy atom. The van der Waals surface area contributed by atoms with Crippen molar-refractivity contribution in [3.05, 3.63) is 0 Å². The van der Waals surface area contributed by atoms with Crippen LogP contribution in [0.25, 0.3) is 0 Å². The van der Waals surface area contributed by atoms with Crippen LogP contribution in [0.15, 0.2) is 0 Å². The average molecular weight is 186 g/mol.